The molecule has 0 N–H and O–H groups in total. The zero-order valence-corrected chi connectivity index (χ0v) is 9.55. The van der Waals surface area contributed by atoms with Crippen molar-refractivity contribution in [3.8, 4) is 6.07 Å². The molecular formula is C9H5N3O2S2. The van der Waals surface area contributed by atoms with Crippen LogP contribution in [0.25, 0.3) is 10.1 Å². The van der Waals surface area contributed by atoms with Gasteiger partial charge < -0.3 is 0 Å². The summed E-state index contributed by atoms with van der Waals surface area (Å²) in [5.74, 6) is 0.293. The summed E-state index contributed by atoms with van der Waals surface area (Å²) in [7, 11) is 0. The van der Waals surface area contributed by atoms with Crippen molar-refractivity contribution in [2.45, 2.75) is 5.03 Å². The second-order valence-electron chi connectivity index (χ2n) is 2.87. The van der Waals surface area contributed by atoms with Crippen molar-refractivity contribution >= 4 is 39.1 Å². The fourth-order valence-electron chi connectivity index (χ4n) is 1.22. The third kappa shape index (κ3) is 1.98. The van der Waals surface area contributed by atoms with E-state index in [0.29, 0.717) is 10.8 Å². The van der Waals surface area contributed by atoms with Crippen molar-refractivity contribution in [3.05, 3.63) is 28.3 Å². The molecule has 0 spiro atoms. The standard InChI is InChI=1S/C9H5N3O2S2/c10-3-4-15-9-7-5-6(12(13)14)1-2-8(7)16-11-9/h1-2,5H,4H2. The van der Waals surface area contributed by atoms with Crippen LogP contribution >= 0.6 is 23.3 Å². The van der Waals surface area contributed by atoms with Crippen LogP contribution in [0.4, 0.5) is 5.69 Å². The van der Waals surface area contributed by atoms with E-state index in [1.807, 2.05) is 6.07 Å². The molecule has 0 unspecified atom stereocenters. The Balaban J connectivity index is 2.48. The maximum absolute atomic E-state index is 10.6. The number of fused-ring (bicyclic) bond motifs is 1. The second kappa shape index (κ2) is 4.47. The molecular weight excluding hydrogens is 246 g/mol. The van der Waals surface area contributed by atoms with Gasteiger partial charge in [0.05, 0.1) is 21.4 Å². The highest BCUT2D eigenvalue weighted by atomic mass is 32.2. The van der Waals surface area contributed by atoms with Gasteiger partial charge in [0.15, 0.2) is 0 Å². The van der Waals surface area contributed by atoms with E-state index in [1.165, 1.54) is 35.4 Å². The average Bonchev–Trinajstić information content (AvgIpc) is 2.68. The van der Waals surface area contributed by atoms with Crippen molar-refractivity contribution in [2.75, 3.05) is 5.75 Å². The normalized spacial score (nSPS) is 10.2. The number of thioether (sulfide) groups is 1. The molecule has 1 aromatic heterocycles. The molecule has 0 atom stereocenters. The van der Waals surface area contributed by atoms with Gasteiger partial charge in [-0.05, 0) is 17.6 Å². The molecule has 0 amide bonds. The lowest BCUT2D eigenvalue weighted by molar-refractivity contribution is -0.384. The third-order valence-corrected chi connectivity index (χ3v) is 3.70. The topological polar surface area (TPSA) is 79.8 Å². The van der Waals surface area contributed by atoms with E-state index in [2.05, 4.69) is 4.37 Å². The summed E-state index contributed by atoms with van der Waals surface area (Å²) in [6, 6.07) is 6.64. The number of rotatable bonds is 3. The maximum Gasteiger partial charge on any atom is 0.270 e. The Hall–Kier alpha value is -1.65. The highest BCUT2D eigenvalue weighted by Crippen LogP contribution is 2.32. The molecule has 80 valence electrons. The Morgan fingerprint density at radius 1 is 1.62 bits per heavy atom. The van der Waals surface area contributed by atoms with Crippen LogP contribution in [0.3, 0.4) is 0 Å². The van der Waals surface area contributed by atoms with Gasteiger partial charge in [0.2, 0.25) is 0 Å². The van der Waals surface area contributed by atoms with Crippen LogP contribution in [-0.4, -0.2) is 15.0 Å². The maximum atomic E-state index is 10.6. The molecule has 0 bridgehead atoms. The second-order valence-corrected chi connectivity index (χ2v) is 4.64. The number of hydrogen-bond acceptors (Lipinski definition) is 6. The minimum Gasteiger partial charge on any atom is -0.258 e. The lowest BCUT2D eigenvalue weighted by Gasteiger charge is -1.93. The SMILES string of the molecule is N#CCSc1nsc2ccc([N+](=O)[O-])cc12. The van der Waals surface area contributed by atoms with Gasteiger partial charge in [-0.3, -0.25) is 10.1 Å². The van der Waals surface area contributed by atoms with Gasteiger partial charge in [-0.25, -0.2) is 0 Å². The van der Waals surface area contributed by atoms with Crippen LogP contribution in [-0.2, 0) is 0 Å². The molecule has 16 heavy (non-hydrogen) atoms. The molecule has 0 aliphatic heterocycles. The number of nitriles is 1. The van der Waals surface area contributed by atoms with E-state index in [1.54, 1.807) is 6.07 Å². The van der Waals surface area contributed by atoms with Crippen LogP contribution in [0.5, 0.6) is 0 Å². The van der Waals surface area contributed by atoms with Gasteiger partial charge in [0.1, 0.15) is 5.03 Å². The molecule has 0 aliphatic rings. The van der Waals surface area contributed by atoms with Crippen molar-refractivity contribution in [1.29, 1.82) is 5.26 Å². The van der Waals surface area contributed by atoms with E-state index in [-0.39, 0.29) is 5.69 Å². The number of hydrogen-bond donors (Lipinski definition) is 0. The lowest BCUT2D eigenvalue weighted by atomic mass is 10.2. The summed E-state index contributed by atoms with van der Waals surface area (Å²) in [6.45, 7) is 0. The quantitative estimate of drug-likeness (QED) is 0.476. The first kappa shape index (κ1) is 10.9. The molecule has 0 aliphatic carbocycles. The van der Waals surface area contributed by atoms with Gasteiger partial charge in [-0.1, -0.05) is 11.8 Å². The molecule has 2 aromatic rings. The van der Waals surface area contributed by atoms with E-state index < -0.39 is 4.92 Å². The Morgan fingerprint density at radius 2 is 2.44 bits per heavy atom. The summed E-state index contributed by atoms with van der Waals surface area (Å²) in [5, 5.41) is 20.5. The zero-order valence-electron chi connectivity index (χ0n) is 7.91. The fraction of sp³-hybridized carbons (Fsp3) is 0.111. The van der Waals surface area contributed by atoms with Gasteiger partial charge in [0.25, 0.3) is 5.69 Å². The van der Waals surface area contributed by atoms with E-state index in [9.17, 15) is 10.1 Å². The first-order valence-corrected chi connectivity index (χ1v) is 6.02. The number of nitrogens with zero attached hydrogens (tertiary/aromatic N) is 3. The molecule has 0 radical (unpaired) electrons. The number of benzene rings is 1. The molecule has 7 heteroatoms. The van der Waals surface area contributed by atoms with Crippen LogP contribution in [0.2, 0.25) is 0 Å². The Bertz CT molecular complexity index is 588. The minimum absolute atomic E-state index is 0.0477. The summed E-state index contributed by atoms with van der Waals surface area (Å²) in [5.41, 5.74) is 0.0477. The first-order valence-electron chi connectivity index (χ1n) is 4.26. The highest BCUT2D eigenvalue weighted by Gasteiger charge is 2.12. The van der Waals surface area contributed by atoms with Gasteiger partial charge in [0, 0.05) is 17.5 Å². The van der Waals surface area contributed by atoms with Crippen molar-refractivity contribution in [3.63, 3.8) is 0 Å². The minimum atomic E-state index is -0.435. The Kier molecular flexibility index (Phi) is 3.03. The molecule has 0 saturated carbocycles. The average molecular weight is 251 g/mol. The zero-order chi connectivity index (χ0) is 11.5. The highest BCUT2D eigenvalue weighted by molar-refractivity contribution is 7.99. The van der Waals surface area contributed by atoms with Crippen LogP contribution in [0.15, 0.2) is 23.2 Å². The van der Waals surface area contributed by atoms with E-state index in [4.69, 9.17) is 5.26 Å². The number of non-ortho nitro benzene ring substituents is 1. The molecule has 1 aromatic carbocycles. The predicted molar refractivity (Wildman–Crippen MR) is 62.6 cm³/mol. The van der Waals surface area contributed by atoms with E-state index >= 15 is 0 Å². The molecule has 2 rings (SSSR count). The van der Waals surface area contributed by atoms with Crippen LogP contribution < -0.4 is 0 Å². The van der Waals surface area contributed by atoms with Crippen molar-refractivity contribution < 1.29 is 4.92 Å². The predicted octanol–water partition coefficient (Wildman–Crippen LogP) is 2.82. The molecule has 5 nitrogen and oxygen atoms in total. The fourth-order valence-corrected chi connectivity index (χ4v) is 2.80. The molecule has 1 heterocycles. The van der Waals surface area contributed by atoms with Crippen LogP contribution in [0.1, 0.15) is 0 Å². The van der Waals surface area contributed by atoms with Crippen molar-refractivity contribution in [1.82, 2.24) is 4.37 Å². The summed E-state index contributed by atoms with van der Waals surface area (Å²) in [6.07, 6.45) is 0. The summed E-state index contributed by atoms with van der Waals surface area (Å²) in [4.78, 5) is 10.2. The number of nitro groups is 1. The lowest BCUT2D eigenvalue weighted by Crippen LogP contribution is -1.86. The Labute approximate surface area is 99.0 Å². The number of nitro benzene ring substituents is 1. The van der Waals surface area contributed by atoms with Gasteiger partial charge >= 0.3 is 0 Å². The first-order chi connectivity index (χ1) is 7.72. The monoisotopic (exact) mass is 251 g/mol. The van der Waals surface area contributed by atoms with Gasteiger partial charge in [-0.2, -0.15) is 9.64 Å². The smallest absolute Gasteiger partial charge is 0.258 e. The Morgan fingerprint density at radius 3 is 3.12 bits per heavy atom. The summed E-state index contributed by atoms with van der Waals surface area (Å²) < 4.78 is 5.06. The molecule has 0 fully saturated rings. The largest absolute Gasteiger partial charge is 0.270 e. The van der Waals surface area contributed by atoms with Crippen LogP contribution in [0, 0.1) is 21.4 Å². The summed E-state index contributed by atoms with van der Waals surface area (Å²) >= 11 is 2.57. The number of aromatic nitrogens is 1. The van der Waals surface area contributed by atoms with Gasteiger partial charge in [-0.15, -0.1) is 0 Å². The molecule has 0 saturated heterocycles. The third-order valence-electron chi connectivity index (χ3n) is 1.90. The van der Waals surface area contributed by atoms with Crippen molar-refractivity contribution in [2.24, 2.45) is 0 Å². The van der Waals surface area contributed by atoms with E-state index in [0.717, 1.165) is 10.1 Å².